The summed E-state index contributed by atoms with van der Waals surface area (Å²) in [6, 6.07) is 7.41. The number of carbonyl (C=O) groups is 2. The van der Waals surface area contributed by atoms with Crippen LogP contribution in [0.1, 0.15) is 25.3 Å². The molecule has 3 amide bonds. The number of amides is 3. The Balaban J connectivity index is 1.78. The maximum Gasteiger partial charge on any atom is 0.317 e. The van der Waals surface area contributed by atoms with E-state index in [9.17, 15) is 9.59 Å². The van der Waals surface area contributed by atoms with Crippen molar-refractivity contribution in [2.24, 2.45) is 0 Å². The maximum atomic E-state index is 12.2. The molecule has 1 aromatic carbocycles. The van der Waals surface area contributed by atoms with Crippen LogP contribution in [0.15, 0.2) is 24.3 Å². The molecule has 126 valence electrons. The minimum atomic E-state index is -0.223. The number of nitrogens with zero attached hydrogens (tertiary/aromatic N) is 2. The van der Waals surface area contributed by atoms with Gasteiger partial charge in [0.15, 0.2) is 0 Å². The number of halogens is 1. The second-order valence-electron chi connectivity index (χ2n) is 6.04. The van der Waals surface area contributed by atoms with Crippen molar-refractivity contribution < 1.29 is 9.59 Å². The molecular weight excluding hydrogens is 314 g/mol. The number of likely N-dealkylation sites (N-methyl/N-ethyl adjacent to an activating group) is 1. The minimum Gasteiger partial charge on any atom is -0.341 e. The lowest BCUT2D eigenvalue weighted by molar-refractivity contribution is -0.129. The third-order valence-electron chi connectivity index (χ3n) is 4.28. The van der Waals surface area contributed by atoms with E-state index in [1.54, 1.807) is 16.8 Å². The largest absolute Gasteiger partial charge is 0.341 e. The Morgan fingerprint density at radius 1 is 1.26 bits per heavy atom. The van der Waals surface area contributed by atoms with Crippen LogP contribution in [-0.2, 0) is 11.2 Å². The topological polar surface area (TPSA) is 52.7 Å². The smallest absolute Gasteiger partial charge is 0.317 e. The molecule has 0 bridgehead atoms. The Morgan fingerprint density at radius 3 is 2.48 bits per heavy atom. The molecule has 1 saturated heterocycles. The van der Waals surface area contributed by atoms with Gasteiger partial charge in [-0.15, -0.1) is 0 Å². The zero-order chi connectivity index (χ0) is 16.8. The van der Waals surface area contributed by atoms with Crippen molar-refractivity contribution in [1.82, 2.24) is 15.1 Å². The maximum absolute atomic E-state index is 12.2. The van der Waals surface area contributed by atoms with E-state index in [-0.39, 0.29) is 24.5 Å². The van der Waals surface area contributed by atoms with Gasteiger partial charge in [0.1, 0.15) is 0 Å². The van der Waals surface area contributed by atoms with Gasteiger partial charge in [0, 0.05) is 31.2 Å². The number of urea groups is 1. The van der Waals surface area contributed by atoms with Crippen molar-refractivity contribution in [3.05, 3.63) is 34.9 Å². The molecule has 1 aromatic rings. The summed E-state index contributed by atoms with van der Waals surface area (Å²) in [5.41, 5.74) is 1.12. The Labute approximate surface area is 142 Å². The first kappa shape index (κ1) is 17.6. The van der Waals surface area contributed by atoms with Gasteiger partial charge in [-0.05, 0) is 43.9 Å². The summed E-state index contributed by atoms with van der Waals surface area (Å²) in [5.74, 6) is -0.00500. The number of likely N-dealkylation sites (tertiary alicyclic amines) is 1. The van der Waals surface area contributed by atoms with Gasteiger partial charge in [-0.1, -0.05) is 23.7 Å². The standard InChI is InChI=1S/C17H24ClN3O2/c1-13(11-14-5-7-15(18)8-6-14)20(2)17(23)19-12-16(22)21-9-3-4-10-21/h5-8,13H,3-4,9-12H2,1-2H3,(H,19,23)/t13-/m1/s1. The summed E-state index contributed by atoms with van der Waals surface area (Å²) in [7, 11) is 1.75. The molecule has 1 fully saturated rings. The van der Waals surface area contributed by atoms with Crippen LogP contribution in [0.2, 0.25) is 5.02 Å². The molecule has 1 heterocycles. The Hall–Kier alpha value is -1.75. The van der Waals surface area contributed by atoms with Gasteiger partial charge in [-0.25, -0.2) is 4.79 Å². The van der Waals surface area contributed by atoms with E-state index in [1.807, 2.05) is 31.2 Å². The summed E-state index contributed by atoms with van der Waals surface area (Å²) in [5, 5.41) is 3.41. The van der Waals surface area contributed by atoms with Crippen molar-refractivity contribution in [2.75, 3.05) is 26.7 Å². The Kier molecular flexibility index (Phi) is 6.28. The Morgan fingerprint density at radius 2 is 1.87 bits per heavy atom. The van der Waals surface area contributed by atoms with Crippen LogP contribution in [0.3, 0.4) is 0 Å². The van der Waals surface area contributed by atoms with Gasteiger partial charge < -0.3 is 15.1 Å². The molecule has 0 aliphatic carbocycles. The van der Waals surface area contributed by atoms with E-state index in [4.69, 9.17) is 11.6 Å². The lowest BCUT2D eigenvalue weighted by Gasteiger charge is -2.26. The van der Waals surface area contributed by atoms with Gasteiger partial charge in [0.05, 0.1) is 6.54 Å². The average molecular weight is 338 g/mol. The summed E-state index contributed by atoms with van der Waals surface area (Å²) in [4.78, 5) is 27.6. The Bertz CT molecular complexity index is 541. The van der Waals surface area contributed by atoms with Gasteiger partial charge >= 0.3 is 6.03 Å². The molecule has 5 nitrogen and oxygen atoms in total. The molecule has 6 heteroatoms. The number of hydrogen-bond donors (Lipinski definition) is 1. The first-order valence-electron chi connectivity index (χ1n) is 8.00. The SMILES string of the molecule is C[C@H](Cc1ccc(Cl)cc1)N(C)C(=O)NCC(=O)N1CCCC1. The highest BCUT2D eigenvalue weighted by atomic mass is 35.5. The lowest BCUT2D eigenvalue weighted by Crippen LogP contribution is -2.46. The molecule has 2 rings (SSSR count). The predicted octanol–water partition coefficient (Wildman–Crippen LogP) is 2.53. The number of carbonyl (C=O) groups excluding carboxylic acids is 2. The van der Waals surface area contributed by atoms with E-state index in [2.05, 4.69) is 5.32 Å². The van der Waals surface area contributed by atoms with E-state index >= 15 is 0 Å². The molecule has 1 aliphatic heterocycles. The van der Waals surface area contributed by atoms with Gasteiger partial charge in [-0.3, -0.25) is 4.79 Å². The fourth-order valence-corrected chi connectivity index (χ4v) is 2.78. The van der Waals surface area contributed by atoms with E-state index in [1.165, 1.54) is 0 Å². The molecule has 1 N–H and O–H groups in total. The third-order valence-corrected chi connectivity index (χ3v) is 4.53. The normalized spacial score (nSPS) is 15.3. The first-order valence-corrected chi connectivity index (χ1v) is 8.38. The van der Waals surface area contributed by atoms with Gasteiger partial charge in [0.2, 0.25) is 5.91 Å². The van der Waals surface area contributed by atoms with Crippen LogP contribution in [0.5, 0.6) is 0 Å². The summed E-state index contributed by atoms with van der Waals surface area (Å²) < 4.78 is 0. The molecule has 0 radical (unpaired) electrons. The number of benzene rings is 1. The average Bonchev–Trinajstić information content (AvgIpc) is 3.08. The zero-order valence-electron chi connectivity index (χ0n) is 13.7. The van der Waals surface area contributed by atoms with Crippen molar-refractivity contribution in [3.8, 4) is 0 Å². The summed E-state index contributed by atoms with van der Waals surface area (Å²) in [6.45, 7) is 3.66. The fraction of sp³-hybridized carbons (Fsp3) is 0.529. The van der Waals surface area contributed by atoms with E-state index in [0.717, 1.165) is 37.9 Å². The van der Waals surface area contributed by atoms with Crippen LogP contribution < -0.4 is 5.32 Å². The third kappa shape index (κ3) is 5.13. The number of rotatable bonds is 5. The van der Waals surface area contributed by atoms with Crippen molar-refractivity contribution in [1.29, 1.82) is 0 Å². The quantitative estimate of drug-likeness (QED) is 0.897. The van der Waals surface area contributed by atoms with Crippen molar-refractivity contribution >= 4 is 23.5 Å². The molecule has 0 spiro atoms. The second-order valence-corrected chi connectivity index (χ2v) is 6.47. The molecule has 0 saturated carbocycles. The highest BCUT2D eigenvalue weighted by Gasteiger charge is 2.20. The van der Waals surface area contributed by atoms with Crippen LogP contribution >= 0.6 is 11.6 Å². The molecule has 1 aliphatic rings. The summed E-state index contributed by atoms with van der Waals surface area (Å²) in [6.07, 6.45) is 2.84. The number of hydrogen-bond acceptors (Lipinski definition) is 2. The van der Waals surface area contributed by atoms with E-state index in [0.29, 0.717) is 5.02 Å². The molecule has 0 unspecified atom stereocenters. The van der Waals surface area contributed by atoms with Crippen LogP contribution in [0, 0.1) is 0 Å². The van der Waals surface area contributed by atoms with Crippen LogP contribution in [0.4, 0.5) is 4.79 Å². The monoisotopic (exact) mass is 337 g/mol. The fourth-order valence-electron chi connectivity index (χ4n) is 2.65. The highest BCUT2D eigenvalue weighted by molar-refractivity contribution is 6.30. The molecular formula is C17H24ClN3O2. The summed E-state index contributed by atoms with van der Waals surface area (Å²) >= 11 is 5.88. The predicted molar refractivity (Wildman–Crippen MR) is 91.6 cm³/mol. The van der Waals surface area contributed by atoms with Gasteiger partial charge in [0.25, 0.3) is 0 Å². The van der Waals surface area contributed by atoms with Crippen LogP contribution in [0.25, 0.3) is 0 Å². The molecule has 1 atom stereocenters. The molecule has 0 aromatic heterocycles. The van der Waals surface area contributed by atoms with E-state index < -0.39 is 0 Å². The first-order chi connectivity index (χ1) is 11.0. The zero-order valence-corrected chi connectivity index (χ0v) is 14.5. The number of nitrogens with one attached hydrogen (secondary N) is 1. The van der Waals surface area contributed by atoms with Crippen LogP contribution in [-0.4, -0.2) is 54.5 Å². The van der Waals surface area contributed by atoms with Crippen molar-refractivity contribution in [3.63, 3.8) is 0 Å². The van der Waals surface area contributed by atoms with Crippen molar-refractivity contribution in [2.45, 2.75) is 32.2 Å². The lowest BCUT2D eigenvalue weighted by atomic mass is 10.1. The van der Waals surface area contributed by atoms with Gasteiger partial charge in [-0.2, -0.15) is 0 Å². The second kappa shape index (κ2) is 8.20. The highest BCUT2D eigenvalue weighted by Crippen LogP contribution is 2.13. The molecule has 23 heavy (non-hydrogen) atoms. The minimum absolute atomic E-state index is 0.00500.